The van der Waals surface area contributed by atoms with E-state index in [2.05, 4.69) is 37.4 Å². The van der Waals surface area contributed by atoms with E-state index < -0.39 is 6.10 Å². The van der Waals surface area contributed by atoms with E-state index in [0.29, 0.717) is 11.0 Å². The summed E-state index contributed by atoms with van der Waals surface area (Å²) in [6.45, 7) is 0. The summed E-state index contributed by atoms with van der Waals surface area (Å²) in [5, 5.41) is 8.74. The van der Waals surface area contributed by atoms with Gasteiger partial charge in [-0.2, -0.15) is 10.1 Å². The van der Waals surface area contributed by atoms with Crippen LogP contribution in [0.4, 0.5) is 5.95 Å². The number of para-hydroxylation sites is 1. The Balaban J connectivity index is 1.65. The zero-order valence-corrected chi connectivity index (χ0v) is 19.8. The van der Waals surface area contributed by atoms with E-state index >= 15 is 0 Å². The van der Waals surface area contributed by atoms with E-state index in [1.807, 2.05) is 65.3 Å². The predicted molar refractivity (Wildman–Crippen MR) is 131 cm³/mol. The Kier molecular flexibility index (Phi) is 4.89. The normalized spacial score (nSPS) is 18.5. The van der Waals surface area contributed by atoms with E-state index in [-0.39, 0.29) is 6.04 Å². The van der Waals surface area contributed by atoms with Gasteiger partial charge in [0.15, 0.2) is 6.10 Å². The first-order valence-electron chi connectivity index (χ1n) is 10.4. The van der Waals surface area contributed by atoms with Crippen molar-refractivity contribution in [3.63, 3.8) is 0 Å². The second-order valence-corrected chi connectivity index (χ2v) is 9.17. The number of hydrogen-bond acceptors (Lipinski definition) is 5. The highest BCUT2D eigenvalue weighted by atomic mass is 79.9. The number of anilines is 1. The molecule has 0 amide bonds. The van der Waals surface area contributed by atoms with Crippen molar-refractivity contribution in [2.24, 2.45) is 0 Å². The quantitative estimate of drug-likeness (QED) is 0.345. The summed E-state index contributed by atoms with van der Waals surface area (Å²) in [4.78, 5) is 4.47. The summed E-state index contributed by atoms with van der Waals surface area (Å²) in [7, 11) is 1.67. The molecule has 6 rings (SSSR count). The van der Waals surface area contributed by atoms with Gasteiger partial charge in [-0.05, 0) is 48.0 Å². The average molecular weight is 522 g/mol. The standard InChI is InChI=1S/C25H18BrClN4O2/c1-32-19-11-8-15(26)12-18(19)24-21-22(17-4-2-3-5-20(17)33-24)30-25-28-13-29-31(25)23(21)14-6-9-16(27)10-7-14/h2-13,23-24H,1H3,(H,28,29,30). The molecule has 1 N–H and O–H groups in total. The SMILES string of the molecule is COc1ccc(Br)cc1C1Oc2ccccc2C2=C1C(c1ccc(Cl)cc1)n1ncnc1N2. The Hall–Kier alpha value is -3.29. The number of ether oxygens (including phenoxy) is 2. The molecule has 3 heterocycles. The maximum Gasteiger partial charge on any atom is 0.226 e. The Bertz CT molecular complexity index is 1400. The summed E-state index contributed by atoms with van der Waals surface area (Å²) in [5.74, 6) is 2.21. The molecule has 2 aliphatic heterocycles. The molecule has 0 radical (unpaired) electrons. The fourth-order valence-corrected chi connectivity index (χ4v) is 5.06. The van der Waals surface area contributed by atoms with Crippen molar-refractivity contribution in [2.45, 2.75) is 12.1 Å². The minimum atomic E-state index is -0.423. The van der Waals surface area contributed by atoms with E-state index in [1.165, 1.54) is 0 Å². The second-order valence-electron chi connectivity index (χ2n) is 7.82. The monoisotopic (exact) mass is 520 g/mol. The van der Waals surface area contributed by atoms with Gasteiger partial charge in [0.1, 0.15) is 23.9 Å². The Morgan fingerprint density at radius 3 is 2.73 bits per heavy atom. The Morgan fingerprint density at radius 2 is 1.91 bits per heavy atom. The minimum Gasteiger partial charge on any atom is -0.496 e. The maximum atomic E-state index is 6.67. The van der Waals surface area contributed by atoms with Gasteiger partial charge in [-0.1, -0.05) is 51.8 Å². The fraction of sp³-hybridized carbons (Fsp3) is 0.120. The summed E-state index contributed by atoms with van der Waals surface area (Å²) in [5.41, 5.74) is 4.90. The van der Waals surface area contributed by atoms with Crippen LogP contribution >= 0.6 is 27.5 Å². The number of rotatable bonds is 3. The number of halogens is 2. The van der Waals surface area contributed by atoms with Gasteiger partial charge in [0.25, 0.3) is 0 Å². The van der Waals surface area contributed by atoms with Crippen molar-refractivity contribution in [2.75, 3.05) is 12.4 Å². The molecule has 33 heavy (non-hydrogen) atoms. The van der Waals surface area contributed by atoms with Crippen LogP contribution in [0.1, 0.15) is 28.8 Å². The van der Waals surface area contributed by atoms with Gasteiger partial charge < -0.3 is 14.8 Å². The van der Waals surface area contributed by atoms with Gasteiger partial charge in [0, 0.05) is 26.2 Å². The zero-order chi connectivity index (χ0) is 22.5. The molecule has 164 valence electrons. The Morgan fingerprint density at radius 1 is 1.09 bits per heavy atom. The molecule has 0 bridgehead atoms. The van der Waals surface area contributed by atoms with E-state index in [0.717, 1.165) is 43.9 Å². The molecule has 8 heteroatoms. The zero-order valence-electron chi connectivity index (χ0n) is 17.5. The number of hydrogen-bond donors (Lipinski definition) is 1. The van der Waals surface area contributed by atoms with Crippen LogP contribution in [0.25, 0.3) is 5.70 Å². The van der Waals surface area contributed by atoms with Gasteiger partial charge >= 0.3 is 0 Å². The number of nitrogens with zero attached hydrogens (tertiary/aromatic N) is 3. The van der Waals surface area contributed by atoms with E-state index in [1.54, 1.807) is 13.4 Å². The van der Waals surface area contributed by atoms with Gasteiger partial charge in [0.05, 0.1) is 12.8 Å². The van der Waals surface area contributed by atoms with Crippen molar-refractivity contribution in [1.29, 1.82) is 0 Å². The third-order valence-electron chi connectivity index (χ3n) is 5.98. The number of benzene rings is 3. The maximum absolute atomic E-state index is 6.67. The highest BCUT2D eigenvalue weighted by Crippen LogP contribution is 2.52. The third kappa shape index (κ3) is 3.31. The summed E-state index contributed by atoms with van der Waals surface area (Å²) >= 11 is 9.82. The van der Waals surface area contributed by atoms with E-state index in [4.69, 9.17) is 21.1 Å². The molecule has 1 aromatic heterocycles. The lowest BCUT2D eigenvalue weighted by Crippen LogP contribution is -2.32. The van der Waals surface area contributed by atoms with Crippen LogP contribution in [0.15, 0.2) is 83.1 Å². The molecular weight excluding hydrogens is 504 g/mol. The third-order valence-corrected chi connectivity index (χ3v) is 6.73. The van der Waals surface area contributed by atoms with Gasteiger partial charge in [-0.3, -0.25) is 0 Å². The number of methoxy groups -OCH3 is 1. The molecule has 0 aliphatic carbocycles. The van der Waals surface area contributed by atoms with Gasteiger partial charge in [-0.15, -0.1) is 0 Å². The summed E-state index contributed by atoms with van der Waals surface area (Å²) in [6, 6.07) is 21.5. The molecule has 4 aromatic rings. The van der Waals surface area contributed by atoms with Crippen LogP contribution < -0.4 is 14.8 Å². The molecular formula is C25H18BrClN4O2. The fourth-order valence-electron chi connectivity index (χ4n) is 4.55. The first-order valence-corrected chi connectivity index (χ1v) is 11.6. The molecule has 0 fully saturated rings. The van der Waals surface area contributed by atoms with Crippen LogP contribution in [0, 0.1) is 0 Å². The topological polar surface area (TPSA) is 61.2 Å². The van der Waals surface area contributed by atoms with Gasteiger partial charge in [-0.25, -0.2) is 4.68 Å². The van der Waals surface area contributed by atoms with Crippen molar-refractivity contribution in [3.05, 3.63) is 105 Å². The number of fused-ring (bicyclic) bond motifs is 3. The van der Waals surface area contributed by atoms with Crippen LogP contribution in [0.2, 0.25) is 5.02 Å². The first kappa shape index (κ1) is 20.3. The van der Waals surface area contributed by atoms with Crippen LogP contribution in [0.5, 0.6) is 11.5 Å². The van der Waals surface area contributed by atoms with E-state index in [9.17, 15) is 0 Å². The molecule has 3 aromatic carbocycles. The summed E-state index contributed by atoms with van der Waals surface area (Å²) < 4.78 is 15.2. The molecule has 2 atom stereocenters. The lowest BCUT2D eigenvalue weighted by atomic mass is 9.84. The molecule has 0 spiro atoms. The molecule has 6 nitrogen and oxygen atoms in total. The highest BCUT2D eigenvalue weighted by molar-refractivity contribution is 9.10. The molecule has 0 saturated carbocycles. The smallest absolute Gasteiger partial charge is 0.226 e. The predicted octanol–water partition coefficient (Wildman–Crippen LogP) is 6.26. The van der Waals surface area contributed by atoms with Crippen LogP contribution in [-0.4, -0.2) is 21.9 Å². The Labute approximate surface area is 204 Å². The molecule has 0 saturated heterocycles. The molecule has 2 unspecified atom stereocenters. The van der Waals surface area contributed by atoms with Crippen LogP contribution in [0.3, 0.4) is 0 Å². The van der Waals surface area contributed by atoms with Crippen molar-refractivity contribution < 1.29 is 9.47 Å². The van der Waals surface area contributed by atoms with Gasteiger partial charge in [0.2, 0.25) is 5.95 Å². The largest absolute Gasteiger partial charge is 0.496 e. The number of nitrogens with one attached hydrogen (secondary N) is 1. The minimum absolute atomic E-state index is 0.252. The average Bonchev–Trinajstić information content (AvgIpc) is 3.31. The second kappa shape index (κ2) is 7.93. The lowest BCUT2D eigenvalue weighted by Gasteiger charge is -2.39. The lowest BCUT2D eigenvalue weighted by molar-refractivity contribution is 0.217. The number of aromatic nitrogens is 3. The highest BCUT2D eigenvalue weighted by Gasteiger charge is 2.41. The molecule has 2 aliphatic rings. The van der Waals surface area contributed by atoms with Crippen LogP contribution in [-0.2, 0) is 0 Å². The summed E-state index contributed by atoms with van der Waals surface area (Å²) in [6.07, 6.45) is 1.14. The van der Waals surface area contributed by atoms with Crippen molar-refractivity contribution in [3.8, 4) is 11.5 Å². The first-order chi connectivity index (χ1) is 16.1. The van der Waals surface area contributed by atoms with Crippen molar-refractivity contribution in [1.82, 2.24) is 14.8 Å². The van der Waals surface area contributed by atoms with Crippen molar-refractivity contribution >= 4 is 39.2 Å².